The molecule has 2 aliphatic rings. The fourth-order valence-electron chi connectivity index (χ4n) is 4.18. The van der Waals surface area contributed by atoms with Crippen molar-refractivity contribution in [2.45, 2.75) is 18.7 Å². The van der Waals surface area contributed by atoms with Gasteiger partial charge in [0.2, 0.25) is 6.23 Å². The van der Waals surface area contributed by atoms with Crippen molar-refractivity contribution in [1.82, 2.24) is 5.01 Å². The van der Waals surface area contributed by atoms with Gasteiger partial charge in [0, 0.05) is 17.5 Å². The molecule has 3 aromatic carbocycles. The lowest BCUT2D eigenvalue weighted by Gasteiger charge is -2.38. The molecule has 32 heavy (non-hydrogen) atoms. The molecule has 0 aromatic heterocycles. The topological polar surface area (TPSA) is 60.4 Å². The Morgan fingerprint density at radius 2 is 1.81 bits per heavy atom. The normalized spacial score (nSPS) is 18.8. The van der Waals surface area contributed by atoms with Gasteiger partial charge in [-0.15, -0.1) is 0 Å². The second-order valence-corrected chi connectivity index (χ2v) is 7.62. The molecule has 162 valence electrons. The monoisotopic (exact) mass is 432 g/mol. The van der Waals surface area contributed by atoms with Crippen LogP contribution in [0.4, 0.5) is 4.39 Å². The van der Waals surface area contributed by atoms with E-state index in [1.54, 1.807) is 31.4 Å². The Hall–Kier alpha value is -3.87. The molecule has 0 aliphatic carbocycles. The van der Waals surface area contributed by atoms with E-state index in [9.17, 15) is 9.18 Å². The number of hydrazone groups is 1. The molecule has 0 saturated heterocycles. The first kappa shape index (κ1) is 20.1. The third-order valence-electron chi connectivity index (χ3n) is 5.79. The highest BCUT2D eigenvalue weighted by Crippen LogP contribution is 2.50. The van der Waals surface area contributed by atoms with Crippen molar-refractivity contribution in [1.29, 1.82) is 0 Å². The maximum Gasteiger partial charge on any atom is 0.337 e. The minimum absolute atomic E-state index is 0.0702. The number of esters is 1. The van der Waals surface area contributed by atoms with Crippen LogP contribution in [0.15, 0.2) is 71.8 Å². The van der Waals surface area contributed by atoms with E-state index in [2.05, 4.69) is 0 Å². The van der Waals surface area contributed by atoms with Gasteiger partial charge in [-0.25, -0.2) is 14.2 Å². The first-order chi connectivity index (χ1) is 15.6. The Morgan fingerprint density at radius 3 is 2.50 bits per heavy atom. The maximum atomic E-state index is 13.4. The third kappa shape index (κ3) is 3.36. The second kappa shape index (κ2) is 8.00. The number of ether oxygens (including phenoxy) is 3. The van der Waals surface area contributed by atoms with Crippen molar-refractivity contribution < 1.29 is 23.4 Å². The molecule has 2 atom stereocenters. The van der Waals surface area contributed by atoms with Gasteiger partial charge in [-0.05, 0) is 35.9 Å². The van der Waals surface area contributed by atoms with Crippen molar-refractivity contribution in [3.63, 3.8) is 0 Å². The summed E-state index contributed by atoms with van der Waals surface area (Å²) in [6.45, 7) is 0. The van der Waals surface area contributed by atoms with Crippen LogP contribution in [0, 0.1) is 5.82 Å². The number of rotatable bonds is 4. The van der Waals surface area contributed by atoms with Crippen molar-refractivity contribution >= 4 is 11.7 Å². The van der Waals surface area contributed by atoms with Crippen LogP contribution in [0.5, 0.6) is 11.5 Å². The summed E-state index contributed by atoms with van der Waals surface area (Å²) < 4.78 is 30.2. The van der Waals surface area contributed by atoms with Gasteiger partial charge < -0.3 is 14.2 Å². The number of fused-ring (bicyclic) bond motifs is 3. The van der Waals surface area contributed by atoms with Gasteiger partial charge in [0.1, 0.15) is 5.82 Å². The molecule has 0 radical (unpaired) electrons. The molecule has 0 amide bonds. The molecule has 6 nitrogen and oxygen atoms in total. The van der Waals surface area contributed by atoms with Gasteiger partial charge in [0.05, 0.1) is 31.5 Å². The SMILES string of the molecule is COC(=O)c1ccc([C@@H]2Oc3c(OC)cccc3[C@@H]3CC(c4ccc(F)cc4)=NN32)cc1. The predicted molar refractivity (Wildman–Crippen MR) is 116 cm³/mol. The van der Waals surface area contributed by atoms with E-state index in [4.69, 9.17) is 19.3 Å². The van der Waals surface area contributed by atoms with E-state index >= 15 is 0 Å². The Labute approximate surface area is 184 Å². The van der Waals surface area contributed by atoms with Crippen LogP contribution in [0.1, 0.15) is 45.7 Å². The average molecular weight is 432 g/mol. The van der Waals surface area contributed by atoms with Gasteiger partial charge >= 0.3 is 5.97 Å². The summed E-state index contributed by atoms with van der Waals surface area (Å²) in [5.41, 5.74) is 3.99. The molecular weight excluding hydrogens is 411 g/mol. The van der Waals surface area contributed by atoms with Crippen LogP contribution >= 0.6 is 0 Å². The lowest BCUT2D eigenvalue weighted by Crippen LogP contribution is -2.33. The fraction of sp³-hybridized carbons (Fsp3) is 0.200. The number of carbonyl (C=O) groups is 1. The second-order valence-electron chi connectivity index (χ2n) is 7.62. The molecule has 2 aliphatic heterocycles. The van der Waals surface area contributed by atoms with E-state index in [-0.39, 0.29) is 11.9 Å². The summed E-state index contributed by atoms with van der Waals surface area (Å²) in [4.78, 5) is 11.8. The number of para-hydroxylation sites is 1. The average Bonchev–Trinajstić information content (AvgIpc) is 3.29. The highest BCUT2D eigenvalue weighted by Gasteiger charge is 2.42. The first-order valence-corrected chi connectivity index (χ1v) is 10.2. The van der Waals surface area contributed by atoms with Crippen molar-refractivity contribution in [3.8, 4) is 11.5 Å². The van der Waals surface area contributed by atoms with Crippen molar-refractivity contribution in [3.05, 3.63) is 94.8 Å². The number of carbonyl (C=O) groups excluding carboxylic acids is 1. The van der Waals surface area contributed by atoms with E-state index in [0.717, 1.165) is 22.4 Å². The summed E-state index contributed by atoms with van der Waals surface area (Å²) in [6.07, 6.45) is 0.125. The summed E-state index contributed by atoms with van der Waals surface area (Å²) in [7, 11) is 2.96. The van der Waals surface area contributed by atoms with Crippen molar-refractivity contribution in [2.75, 3.05) is 14.2 Å². The minimum atomic E-state index is -0.520. The van der Waals surface area contributed by atoms with Gasteiger partial charge in [-0.2, -0.15) is 5.10 Å². The van der Waals surface area contributed by atoms with E-state index < -0.39 is 12.2 Å². The van der Waals surface area contributed by atoms with E-state index in [0.29, 0.717) is 23.5 Å². The molecular formula is C25H21FN2O4. The van der Waals surface area contributed by atoms with Crippen molar-refractivity contribution in [2.24, 2.45) is 5.10 Å². The summed E-state index contributed by atoms with van der Waals surface area (Å²) in [5.74, 6) is 0.637. The van der Waals surface area contributed by atoms with Gasteiger partial charge in [-0.3, -0.25) is 0 Å². The molecule has 7 heteroatoms. The zero-order valence-corrected chi connectivity index (χ0v) is 17.6. The predicted octanol–water partition coefficient (Wildman–Crippen LogP) is 4.86. The molecule has 0 saturated carbocycles. The summed E-state index contributed by atoms with van der Waals surface area (Å²) in [6, 6.07) is 19.2. The Balaban J connectivity index is 1.57. The minimum Gasteiger partial charge on any atom is -0.493 e. The fourth-order valence-corrected chi connectivity index (χ4v) is 4.18. The van der Waals surface area contributed by atoms with Crippen LogP contribution in [-0.4, -0.2) is 30.9 Å². The van der Waals surface area contributed by atoms with Crippen LogP contribution in [0.3, 0.4) is 0 Å². The van der Waals surface area contributed by atoms with Gasteiger partial charge in [0.15, 0.2) is 11.5 Å². The number of benzene rings is 3. The molecule has 3 aromatic rings. The quantitative estimate of drug-likeness (QED) is 0.551. The molecule has 0 fully saturated rings. The zero-order valence-electron chi connectivity index (χ0n) is 17.6. The zero-order chi connectivity index (χ0) is 22.2. The lowest BCUT2D eigenvalue weighted by molar-refractivity contribution is -0.0209. The molecule has 0 unspecified atom stereocenters. The molecule has 2 heterocycles. The Morgan fingerprint density at radius 1 is 1.06 bits per heavy atom. The standard InChI is InChI=1S/C25H21FN2O4/c1-30-22-5-3-4-19-21-14-20(15-10-12-18(26)13-11-15)27-28(21)24(32-23(19)22)16-6-8-17(9-7-16)25(29)31-2/h3-13,21,24H,14H2,1-2H3/t21-,24-/m0/s1. The number of hydrogen-bond acceptors (Lipinski definition) is 6. The maximum absolute atomic E-state index is 13.4. The molecule has 0 bridgehead atoms. The Kier molecular flexibility index (Phi) is 5.01. The van der Waals surface area contributed by atoms with Crippen LogP contribution in [-0.2, 0) is 4.74 Å². The first-order valence-electron chi connectivity index (χ1n) is 10.2. The summed E-state index contributed by atoms with van der Waals surface area (Å²) >= 11 is 0. The largest absolute Gasteiger partial charge is 0.493 e. The van der Waals surface area contributed by atoms with E-state index in [1.807, 2.05) is 35.3 Å². The summed E-state index contributed by atoms with van der Waals surface area (Å²) in [5, 5.41) is 6.79. The lowest BCUT2D eigenvalue weighted by atomic mass is 9.95. The molecule has 0 spiro atoms. The highest BCUT2D eigenvalue weighted by atomic mass is 19.1. The molecule has 0 N–H and O–H groups in total. The smallest absolute Gasteiger partial charge is 0.337 e. The number of nitrogens with zero attached hydrogens (tertiary/aromatic N) is 2. The van der Waals surface area contributed by atoms with E-state index in [1.165, 1.54) is 19.2 Å². The Bertz CT molecular complexity index is 1190. The highest BCUT2D eigenvalue weighted by molar-refractivity contribution is 6.02. The third-order valence-corrected chi connectivity index (χ3v) is 5.79. The van der Waals surface area contributed by atoms with Crippen LogP contribution in [0.2, 0.25) is 0 Å². The number of hydrogen-bond donors (Lipinski definition) is 0. The molecule has 5 rings (SSSR count). The number of halogens is 1. The van der Waals surface area contributed by atoms with Gasteiger partial charge in [-0.1, -0.05) is 36.4 Å². The van der Waals surface area contributed by atoms with Crippen LogP contribution < -0.4 is 9.47 Å². The van der Waals surface area contributed by atoms with Crippen LogP contribution in [0.25, 0.3) is 0 Å². The number of methoxy groups -OCH3 is 2. The van der Waals surface area contributed by atoms with Gasteiger partial charge in [0.25, 0.3) is 0 Å².